The molecule has 1 unspecified atom stereocenters. The normalized spacial score (nSPS) is 12.0. The first kappa shape index (κ1) is 20.0. The van der Waals surface area contributed by atoms with Gasteiger partial charge in [-0.3, -0.25) is 9.59 Å². The smallest absolute Gasteiger partial charge is 0.251 e. The standard InChI is InChI=1S/C22H23ClN2O3/c1-14(11-15-3-6-18(23)7-4-15)21(26)24-10-9-17-12-16-5-8-19(28-2)13-20(16)25-22(17)27/h3-8,12-14H,9-11H2,1-2H3,(H,24,26)(H,25,27). The average Bonchev–Trinajstić information content (AvgIpc) is 2.69. The summed E-state index contributed by atoms with van der Waals surface area (Å²) in [6, 6.07) is 14.9. The lowest BCUT2D eigenvalue weighted by Crippen LogP contribution is -2.32. The van der Waals surface area contributed by atoms with E-state index in [1.54, 1.807) is 13.2 Å². The number of halogens is 1. The molecule has 1 atom stereocenters. The maximum atomic E-state index is 12.3. The highest BCUT2D eigenvalue weighted by molar-refractivity contribution is 6.30. The number of H-pyrrole nitrogens is 1. The first-order valence-electron chi connectivity index (χ1n) is 9.18. The average molecular weight is 399 g/mol. The van der Waals surface area contributed by atoms with Gasteiger partial charge in [-0.1, -0.05) is 30.7 Å². The number of aromatic amines is 1. The lowest BCUT2D eigenvalue weighted by molar-refractivity contribution is -0.124. The molecule has 5 nitrogen and oxygen atoms in total. The van der Waals surface area contributed by atoms with E-state index < -0.39 is 0 Å². The van der Waals surface area contributed by atoms with Crippen LogP contribution in [0.2, 0.25) is 5.02 Å². The highest BCUT2D eigenvalue weighted by atomic mass is 35.5. The minimum absolute atomic E-state index is 0.0306. The van der Waals surface area contributed by atoms with Crippen LogP contribution in [0.1, 0.15) is 18.1 Å². The van der Waals surface area contributed by atoms with Crippen LogP contribution in [0.3, 0.4) is 0 Å². The molecule has 1 heterocycles. The molecule has 0 aliphatic carbocycles. The van der Waals surface area contributed by atoms with Gasteiger partial charge in [-0.25, -0.2) is 0 Å². The monoisotopic (exact) mass is 398 g/mol. The number of methoxy groups -OCH3 is 1. The van der Waals surface area contributed by atoms with Crippen molar-refractivity contribution in [1.29, 1.82) is 0 Å². The van der Waals surface area contributed by atoms with Gasteiger partial charge in [-0.05, 0) is 54.1 Å². The minimum Gasteiger partial charge on any atom is -0.497 e. The van der Waals surface area contributed by atoms with Crippen LogP contribution in [0.25, 0.3) is 10.9 Å². The van der Waals surface area contributed by atoms with Crippen LogP contribution in [0.15, 0.2) is 53.3 Å². The number of carbonyl (C=O) groups is 1. The quantitative estimate of drug-likeness (QED) is 0.637. The Balaban J connectivity index is 1.57. The van der Waals surface area contributed by atoms with Crippen molar-refractivity contribution in [3.8, 4) is 5.75 Å². The van der Waals surface area contributed by atoms with E-state index in [2.05, 4.69) is 10.3 Å². The predicted octanol–water partition coefficient (Wildman–Crippen LogP) is 3.73. The van der Waals surface area contributed by atoms with Crippen molar-refractivity contribution in [2.45, 2.75) is 19.8 Å². The zero-order chi connectivity index (χ0) is 20.1. The molecule has 1 aromatic heterocycles. The van der Waals surface area contributed by atoms with Gasteiger partial charge in [0.05, 0.1) is 12.6 Å². The molecular formula is C22H23ClN2O3. The van der Waals surface area contributed by atoms with Crippen LogP contribution in [-0.4, -0.2) is 24.5 Å². The van der Waals surface area contributed by atoms with Gasteiger partial charge < -0.3 is 15.0 Å². The number of aromatic nitrogens is 1. The van der Waals surface area contributed by atoms with E-state index in [9.17, 15) is 9.59 Å². The van der Waals surface area contributed by atoms with Crippen molar-refractivity contribution < 1.29 is 9.53 Å². The van der Waals surface area contributed by atoms with E-state index in [1.807, 2.05) is 49.4 Å². The number of pyridine rings is 1. The molecule has 1 amide bonds. The van der Waals surface area contributed by atoms with Gasteiger partial charge in [-0.15, -0.1) is 0 Å². The number of benzene rings is 2. The summed E-state index contributed by atoms with van der Waals surface area (Å²) >= 11 is 5.89. The Kier molecular flexibility index (Phi) is 6.37. The molecule has 0 bridgehead atoms. The van der Waals surface area contributed by atoms with Crippen LogP contribution in [0.4, 0.5) is 0 Å². The van der Waals surface area contributed by atoms with E-state index in [4.69, 9.17) is 16.3 Å². The third-order valence-electron chi connectivity index (χ3n) is 4.73. The molecular weight excluding hydrogens is 376 g/mol. The van der Waals surface area contributed by atoms with Gasteiger partial charge in [-0.2, -0.15) is 0 Å². The van der Waals surface area contributed by atoms with E-state index in [0.717, 1.165) is 16.5 Å². The molecule has 0 spiro atoms. The highest BCUT2D eigenvalue weighted by Gasteiger charge is 2.13. The summed E-state index contributed by atoms with van der Waals surface area (Å²) < 4.78 is 5.18. The molecule has 0 aliphatic rings. The van der Waals surface area contributed by atoms with E-state index in [-0.39, 0.29) is 17.4 Å². The Morgan fingerprint density at radius 3 is 2.64 bits per heavy atom. The summed E-state index contributed by atoms with van der Waals surface area (Å²) in [4.78, 5) is 27.5. The molecule has 6 heteroatoms. The molecule has 2 N–H and O–H groups in total. The zero-order valence-corrected chi connectivity index (χ0v) is 16.7. The number of rotatable bonds is 7. The van der Waals surface area contributed by atoms with Crippen molar-refractivity contribution in [2.75, 3.05) is 13.7 Å². The summed E-state index contributed by atoms with van der Waals surface area (Å²) in [6.07, 6.45) is 1.11. The fraction of sp³-hybridized carbons (Fsp3) is 0.273. The molecule has 0 radical (unpaired) electrons. The number of carbonyl (C=O) groups excluding carboxylic acids is 1. The Hall–Kier alpha value is -2.79. The van der Waals surface area contributed by atoms with Crippen LogP contribution >= 0.6 is 11.6 Å². The van der Waals surface area contributed by atoms with Gasteiger partial charge in [0.2, 0.25) is 5.91 Å². The van der Waals surface area contributed by atoms with Crippen molar-refractivity contribution in [3.63, 3.8) is 0 Å². The fourth-order valence-electron chi connectivity index (χ4n) is 3.10. The van der Waals surface area contributed by atoms with Gasteiger partial charge in [0.15, 0.2) is 0 Å². The summed E-state index contributed by atoms with van der Waals surface area (Å²) in [5.41, 5.74) is 2.29. The second kappa shape index (κ2) is 8.93. The number of hydrogen-bond acceptors (Lipinski definition) is 3. The molecule has 28 heavy (non-hydrogen) atoms. The Labute approximate surface area is 168 Å². The van der Waals surface area contributed by atoms with Crippen LogP contribution in [-0.2, 0) is 17.6 Å². The van der Waals surface area contributed by atoms with Gasteiger partial charge in [0.25, 0.3) is 5.56 Å². The van der Waals surface area contributed by atoms with E-state index in [1.165, 1.54) is 0 Å². The summed E-state index contributed by atoms with van der Waals surface area (Å²) in [5, 5.41) is 4.53. The lowest BCUT2D eigenvalue weighted by Gasteiger charge is -2.12. The molecule has 2 aromatic carbocycles. The van der Waals surface area contributed by atoms with Crippen molar-refractivity contribution in [1.82, 2.24) is 10.3 Å². The maximum Gasteiger partial charge on any atom is 0.251 e. The Morgan fingerprint density at radius 1 is 1.18 bits per heavy atom. The van der Waals surface area contributed by atoms with E-state index in [0.29, 0.717) is 35.7 Å². The highest BCUT2D eigenvalue weighted by Crippen LogP contribution is 2.18. The third-order valence-corrected chi connectivity index (χ3v) is 4.98. The van der Waals surface area contributed by atoms with Crippen LogP contribution in [0.5, 0.6) is 5.75 Å². The van der Waals surface area contributed by atoms with Crippen LogP contribution < -0.4 is 15.6 Å². The Bertz CT molecular complexity index is 1030. The molecule has 0 saturated carbocycles. The number of fused-ring (bicyclic) bond motifs is 1. The summed E-state index contributed by atoms with van der Waals surface area (Å²) in [5.74, 6) is 0.498. The Morgan fingerprint density at radius 2 is 1.93 bits per heavy atom. The fourth-order valence-corrected chi connectivity index (χ4v) is 3.23. The molecule has 0 aliphatic heterocycles. The topological polar surface area (TPSA) is 71.2 Å². The largest absolute Gasteiger partial charge is 0.497 e. The molecule has 146 valence electrons. The molecule has 0 fully saturated rings. The van der Waals surface area contributed by atoms with E-state index >= 15 is 0 Å². The number of hydrogen-bond donors (Lipinski definition) is 2. The first-order chi connectivity index (χ1) is 13.5. The third kappa shape index (κ3) is 4.93. The molecule has 3 aromatic rings. The maximum absolute atomic E-state index is 12.3. The minimum atomic E-state index is -0.163. The van der Waals surface area contributed by atoms with Gasteiger partial charge in [0.1, 0.15) is 5.75 Å². The zero-order valence-electron chi connectivity index (χ0n) is 15.9. The van der Waals surface area contributed by atoms with Crippen molar-refractivity contribution in [3.05, 3.63) is 75.0 Å². The lowest BCUT2D eigenvalue weighted by atomic mass is 10.0. The van der Waals surface area contributed by atoms with Gasteiger partial charge >= 0.3 is 0 Å². The summed E-state index contributed by atoms with van der Waals surface area (Å²) in [6.45, 7) is 2.30. The first-order valence-corrected chi connectivity index (χ1v) is 9.56. The SMILES string of the molecule is COc1ccc2cc(CCNC(=O)C(C)Cc3ccc(Cl)cc3)c(=O)[nH]c2c1. The second-order valence-corrected chi connectivity index (χ2v) is 7.29. The van der Waals surface area contributed by atoms with Gasteiger partial charge in [0, 0.05) is 29.1 Å². The molecule has 3 rings (SSSR count). The van der Waals surface area contributed by atoms with Crippen LogP contribution in [0, 0.1) is 5.92 Å². The molecule has 0 saturated heterocycles. The summed E-state index contributed by atoms with van der Waals surface area (Å²) in [7, 11) is 1.59. The number of nitrogens with one attached hydrogen (secondary N) is 2. The predicted molar refractivity (Wildman–Crippen MR) is 112 cm³/mol. The van der Waals surface area contributed by atoms with Crippen molar-refractivity contribution >= 4 is 28.4 Å². The number of ether oxygens (including phenoxy) is 1. The number of amides is 1. The second-order valence-electron chi connectivity index (χ2n) is 6.85. The van der Waals surface area contributed by atoms with Crippen molar-refractivity contribution in [2.24, 2.45) is 5.92 Å².